The van der Waals surface area contributed by atoms with Crippen LogP contribution in [0.2, 0.25) is 5.02 Å². The molecule has 1 aliphatic heterocycles. The maximum atomic E-state index is 13.2. The number of carbonyl (C=O) groups excluding carboxylic acids is 1. The van der Waals surface area contributed by atoms with Crippen molar-refractivity contribution in [1.82, 2.24) is 10.2 Å². The fourth-order valence-corrected chi connectivity index (χ4v) is 2.52. The van der Waals surface area contributed by atoms with Gasteiger partial charge in [-0.25, -0.2) is 9.18 Å². The molecule has 2 atom stereocenters. The number of nitrogens with one attached hydrogen (secondary N) is 1. The zero-order valence-corrected chi connectivity index (χ0v) is 13.4. The third-order valence-electron chi connectivity index (χ3n) is 3.56. The maximum Gasteiger partial charge on any atom is 0.318 e. The third-order valence-corrected chi connectivity index (χ3v) is 3.85. The lowest BCUT2D eigenvalue weighted by Gasteiger charge is -2.33. The van der Waals surface area contributed by atoms with E-state index in [1.807, 2.05) is 6.92 Å². The SMILES string of the molecule is COC[C@H]1CN(C(=O)N[C@H](C)c2ccc(F)c(Cl)c2)CCO1. The van der Waals surface area contributed by atoms with Crippen LogP contribution in [-0.4, -0.2) is 50.4 Å². The van der Waals surface area contributed by atoms with Crippen LogP contribution in [0.25, 0.3) is 0 Å². The van der Waals surface area contributed by atoms with Crippen LogP contribution >= 0.6 is 11.6 Å². The van der Waals surface area contributed by atoms with Crippen molar-refractivity contribution in [2.75, 3.05) is 33.4 Å². The second kappa shape index (κ2) is 7.76. The number of amides is 2. The van der Waals surface area contributed by atoms with E-state index in [4.69, 9.17) is 21.1 Å². The van der Waals surface area contributed by atoms with Crippen molar-refractivity contribution in [3.63, 3.8) is 0 Å². The van der Waals surface area contributed by atoms with Gasteiger partial charge in [-0.1, -0.05) is 17.7 Å². The van der Waals surface area contributed by atoms with Crippen molar-refractivity contribution in [3.05, 3.63) is 34.6 Å². The summed E-state index contributed by atoms with van der Waals surface area (Å²) in [6.07, 6.45) is -0.111. The smallest absolute Gasteiger partial charge is 0.318 e. The third kappa shape index (κ3) is 4.32. The molecule has 0 aromatic heterocycles. The lowest BCUT2D eigenvalue weighted by atomic mass is 10.1. The zero-order chi connectivity index (χ0) is 16.1. The van der Waals surface area contributed by atoms with E-state index in [9.17, 15) is 9.18 Å². The van der Waals surface area contributed by atoms with Crippen molar-refractivity contribution in [3.8, 4) is 0 Å². The number of carbonyl (C=O) groups is 1. The summed E-state index contributed by atoms with van der Waals surface area (Å²) in [6.45, 7) is 3.78. The Bertz CT molecular complexity index is 528. The van der Waals surface area contributed by atoms with Gasteiger partial charge in [-0.15, -0.1) is 0 Å². The molecule has 2 rings (SSSR count). The van der Waals surface area contributed by atoms with Crippen molar-refractivity contribution in [2.24, 2.45) is 0 Å². The molecule has 122 valence electrons. The highest BCUT2D eigenvalue weighted by Gasteiger charge is 2.25. The number of hydrogen-bond acceptors (Lipinski definition) is 3. The molecular formula is C15H20ClFN2O3. The highest BCUT2D eigenvalue weighted by molar-refractivity contribution is 6.30. The second-order valence-electron chi connectivity index (χ2n) is 5.24. The van der Waals surface area contributed by atoms with Crippen LogP contribution < -0.4 is 5.32 Å². The summed E-state index contributed by atoms with van der Waals surface area (Å²) < 4.78 is 23.7. The highest BCUT2D eigenvalue weighted by atomic mass is 35.5. The van der Waals surface area contributed by atoms with Gasteiger partial charge in [-0.2, -0.15) is 0 Å². The van der Waals surface area contributed by atoms with Gasteiger partial charge in [0.25, 0.3) is 0 Å². The summed E-state index contributed by atoms with van der Waals surface area (Å²) in [4.78, 5) is 14.0. The monoisotopic (exact) mass is 330 g/mol. The fraction of sp³-hybridized carbons (Fsp3) is 0.533. The molecule has 1 fully saturated rings. The fourth-order valence-electron chi connectivity index (χ4n) is 2.33. The molecule has 0 radical (unpaired) electrons. The first-order valence-corrected chi connectivity index (χ1v) is 7.50. The molecule has 5 nitrogen and oxygen atoms in total. The first kappa shape index (κ1) is 17.0. The van der Waals surface area contributed by atoms with Crippen molar-refractivity contribution in [2.45, 2.75) is 19.1 Å². The van der Waals surface area contributed by atoms with Crippen LogP contribution in [0.3, 0.4) is 0 Å². The predicted molar refractivity (Wildman–Crippen MR) is 81.5 cm³/mol. The molecule has 1 aromatic carbocycles. The lowest BCUT2D eigenvalue weighted by Crippen LogP contribution is -2.51. The van der Waals surface area contributed by atoms with Crippen molar-refractivity contribution < 1.29 is 18.7 Å². The average Bonchev–Trinajstić information content (AvgIpc) is 2.50. The average molecular weight is 331 g/mol. The maximum absolute atomic E-state index is 13.2. The molecule has 0 unspecified atom stereocenters. The van der Waals surface area contributed by atoms with Crippen LogP contribution in [0.4, 0.5) is 9.18 Å². The molecule has 0 saturated carbocycles. The molecule has 1 aliphatic rings. The Morgan fingerprint density at radius 1 is 1.64 bits per heavy atom. The number of ether oxygens (including phenoxy) is 2. The molecular weight excluding hydrogens is 311 g/mol. The number of methoxy groups -OCH3 is 1. The number of benzene rings is 1. The highest BCUT2D eigenvalue weighted by Crippen LogP contribution is 2.21. The Hall–Kier alpha value is -1.37. The summed E-state index contributed by atoms with van der Waals surface area (Å²) >= 11 is 5.77. The number of rotatable bonds is 4. The summed E-state index contributed by atoms with van der Waals surface area (Å²) in [5, 5.41) is 2.93. The van der Waals surface area contributed by atoms with Crippen LogP contribution in [-0.2, 0) is 9.47 Å². The minimum atomic E-state index is -0.473. The van der Waals surface area contributed by atoms with E-state index in [1.165, 1.54) is 12.1 Å². The first-order valence-electron chi connectivity index (χ1n) is 7.12. The van der Waals surface area contributed by atoms with Crippen molar-refractivity contribution in [1.29, 1.82) is 0 Å². The van der Waals surface area contributed by atoms with Gasteiger partial charge in [0, 0.05) is 13.7 Å². The standard InChI is InChI=1S/C15H20ClFN2O3/c1-10(11-3-4-14(17)13(16)7-11)18-15(20)19-5-6-22-12(8-19)9-21-2/h3-4,7,10,12H,5-6,8-9H2,1-2H3,(H,18,20)/t10-,12-/m1/s1. The van der Waals surface area contributed by atoms with Gasteiger partial charge in [-0.3, -0.25) is 0 Å². The second-order valence-corrected chi connectivity index (χ2v) is 5.65. The number of halogens is 2. The van der Waals surface area contributed by atoms with E-state index in [-0.39, 0.29) is 23.2 Å². The number of morpholine rings is 1. The van der Waals surface area contributed by atoms with Gasteiger partial charge in [-0.05, 0) is 24.6 Å². The van der Waals surface area contributed by atoms with Gasteiger partial charge < -0.3 is 19.7 Å². The minimum absolute atomic E-state index is 0.0464. The lowest BCUT2D eigenvalue weighted by molar-refractivity contribution is -0.0496. The number of hydrogen-bond donors (Lipinski definition) is 1. The first-order chi connectivity index (χ1) is 10.5. The molecule has 7 heteroatoms. The van der Waals surface area contributed by atoms with Gasteiger partial charge in [0.15, 0.2) is 0 Å². The topological polar surface area (TPSA) is 50.8 Å². The van der Waals surface area contributed by atoms with Crippen LogP contribution in [0.15, 0.2) is 18.2 Å². The van der Waals surface area contributed by atoms with Gasteiger partial charge in [0.2, 0.25) is 0 Å². The quantitative estimate of drug-likeness (QED) is 0.923. The molecule has 0 spiro atoms. The summed E-state index contributed by atoms with van der Waals surface area (Å²) in [5.74, 6) is -0.473. The molecule has 22 heavy (non-hydrogen) atoms. The molecule has 0 aliphatic carbocycles. The Labute approximate surface area is 134 Å². The Morgan fingerprint density at radius 3 is 3.09 bits per heavy atom. The molecule has 0 bridgehead atoms. The summed E-state index contributed by atoms with van der Waals surface area (Å²) in [5.41, 5.74) is 0.751. The molecule has 2 amide bonds. The van der Waals surface area contributed by atoms with Crippen molar-refractivity contribution >= 4 is 17.6 Å². The van der Waals surface area contributed by atoms with E-state index in [0.717, 1.165) is 5.56 Å². The molecule has 1 heterocycles. The van der Waals surface area contributed by atoms with E-state index in [2.05, 4.69) is 5.32 Å². The Balaban J connectivity index is 1.94. The molecule has 1 aromatic rings. The number of nitrogens with zero attached hydrogens (tertiary/aromatic N) is 1. The van der Waals surface area contributed by atoms with Gasteiger partial charge >= 0.3 is 6.03 Å². The van der Waals surface area contributed by atoms with E-state index in [1.54, 1.807) is 18.1 Å². The van der Waals surface area contributed by atoms with Gasteiger partial charge in [0.1, 0.15) is 5.82 Å². The van der Waals surface area contributed by atoms with Crippen LogP contribution in [0, 0.1) is 5.82 Å². The van der Waals surface area contributed by atoms with Crippen LogP contribution in [0.1, 0.15) is 18.5 Å². The van der Waals surface area contributed by atoms with E-state index in [0.29, 0.717) is 26.3 Å². The van der Waals surface area contributed by atoms with Crippen LogP contribution in [0.5, 0.6) is 0 Å². The summed E-state index contributed by atoms with van der Waals surface area (Å²) in [7, 11) is 1.60. The largest absolute Gasteiger partial charge is 0.382 e. The van der Waals surface area contributed by atoms with Gasteiger partial charge in [0.05, 0.1) is 36.9 Å². The normalized spacial score (nSPS) is 19.8. The van der Waals surface area contributed by atoms with E-state index < -0.39 is 5.82 Å². The molecule has 1 saturated heterocycles. The zero-order valence-electron chi connectivity index (χ0n) is 12.6. The number of urea groups is 1. The predicted octanol–water partition coefficient (Wildman–Crippen LogP) is 2.60. The Kier molecular flexibility index (Phi) is 5.99. The minimum Gasteiger partial charge on any atom is -0.382 e. The molecule has 1 N–H and O–H groups in total. The van der Waals surface area contributed by atoms with E-state index >= 15 is 0 Å². The Morgan fingerprint density at radius 2 is 2.41 bits per heavy atom. The summed E-state index contributed by atoms with van der Waals surface area (Å²) in [6, 6.07) is 3.98.